The SMILES string of the molecule is CC(=O)N1CCN(c2cc3c(cc2F)c(=O)c(C(=O)N2CCCc4ccccc42)cn3C2CC2)CC1. The third-order valence-corrected chi connectivity index (χ3v) is 7.69. The third-order valence-electron chi connectivity index (χ3n) is 7.69. The number of piperazine rings is 1. The van der Waals surface area contributed by atoms with Crippen molar-refractivity contribution in [3.8, 4) is 0 Å². The molecule has 0 atom stereocenters. The fourth-order valence-electron chi connectivity index (χ4n) is 5.56. The van der Waals surface area contributed by atoms with E-state index in [1.165, 1.54) is 6.07 Å². The maximum atomic E-state index is 15.4. The minimum Gasteiger partial charge on any atom is -0.366 e. The van der Waals surface area contributed by atoms with Gasteiger partial charge in [-0.2, -0.15) is 0 Å². The first kappa shape index (κ1) is 22.8. The Bertz CT molecular complexity index is 1440. The molecule has 0 spiro atoms. The summed E-state index contributed by atoms with van der Waals surface area (Å²) in [5.41, 5.74) is 2.69. The van der Waals surface area contributed by atoms with Gasteiger partial charge in [0.15, 0.2) is 0 Å². The van der Waals surface area contributed by atoms with Crippen LogP contribution in [0.3, 0.4) is 0 Å². The van der Waals surface area contributed by atoms with Crippen molar-refractivity contribution in [2.45, 2.75) is 38.6 Å². The number of pyridine rings is 1. The first-order valence-electron chi connectivity index (χ1n) is 12.7. The Hall–Kier alpha value is -3.68. The Morgan fingerprint density at radius 2 is 1.72 bits per heavy atom. The van der Waals surface area contributed by atoms with E-state index in [-0.39, 0.29) is 28.8 Å². The lowest BCUT2D eigenvalue weighted by molar-refractivity contribution is -0.129. The second kappa shape index (κ2) is 8.76. The van der Waals surface area contributed by atoms with Gasteiger partial charge >= 0.3 is 0 Å². The largest absolute Gasteiger partial charge is 0.366 e. The lowest BCUT2D eigenvalue weighted by Crippen LogP contribution is -2.48. The van der Waals surface area contributed by atoms with Crippen molar-refractivity contribution in [1.29, 1.82) is 0 Å². The Kier molecular flexibility index (Phi) is 5.54. The summed E-state index contributed by atoms with van der Waals surface area (Å²) in [5, 5.41) is 0.238. The van der Waals surface area contributed by atoms with Crippen LogP contribution in [0.5, 0.6) is 0 Å². The summed E-state index contributed by atoms with van der Waals surface area (Å²) in [4.78, 5) is 44.3. The molecule has 186 valence electrons. The van der Waals surface area contributed by atoms with Gasteiger partial charge in [-0.15, -0.1) is 0 Å². The number of nitrogens with zero attached hydrogens (tertiary/aromatic N) is 4. The van der Waals surface area contributed by atoms with Crippen LogP contribution in [0, 0.1) is 5.82 Å². The number of carbonyl (C=O) groups is 2. The lowest BCUT2D eigenvalue weighted by Gasteiger charge is -2.36. The monoisotopic (exact) mass is 488 g/mol. The van der Waals surface area contributed by atoms with E-state index in [1.807, 2.05) is 33.7 Å². The highest BCUT2D eigenvalue weighted by molar-refractivity contribution is 6.08. The number of rotatable bonds is 3. The Morgan fingerprint density at radius 3 is 2.44 bits per heavy atom. The summed E-state index contributed by atoms with van der Waals surface area (Å²) < 4.78 is 17.4. The van der Waals surface area contributed by atoms with Crippen molar-refractivity contribution < 1.29 is 14.0 Å². The molecule has 3 heterocycles. The zero-order chi connectivity index (χ0) is 25.0. The third kappa shape index (κ3) is 3.85. The highest BCUT2D eigenvalue weighted by atomic mass is 19.1. The van der Waals surface area contributed by atoms with Crippen molar-refractivity contribution >= 4 is 34.1 Å². The van der Waals surface area contributed by atoms with Gasteiger partial charge in [0.05, 0.1) is 11.2 Å². The van der Waals surface area contributed by atoms with Gasteiger partial charge in [-0.25, -0.2) is 4.39 Å². The smallest absolute Gasteiger partial charge is 0.263 e. The van der Waals surface area contributed by atoms with Crippen LogP contribution in [-0.2, 0) is 11.2 Å². The predicted octanol–water partition coefficient (Wildman–Crippen LogP) is 3.74. The van der Waals surface area contributed by atoms with Gasteiger partial charge < -0.3 is 19.3 Å². The van der Waals surface area contributed by atoms with Gasteiger partial charge in [0.25, 0.3) is 5.91 Å². The predicted molar refractivity (Wildman–Crippen MR) is 137 cm³/mol. The number of aromatic nitrogens is 1. The highest BCUT2D eigenvalue weighted by Crippen LogP contribution is 2.38. The van der Waals surface area contributed by atoms with E-state index in [1.54, 1.807) is 29.0 Å². The molecule has 8 heteroatoms. The van der Waals surface area contributed by atoms with Crippen LogP contribution >= 0.6 is 0 Å². The van der Waals surface area contributed by atoms with Crippen LogP contribution in [0.25, 0.3) is 10.9 Å². The number of benzene rings is 2. The summed E-state index contributed by atoms with van der Waals surface area (Å²) in [5.74, 6) is -0.788. The maximum absolute atomic E-state index is 15.4. The molecule has 2 aliphatic heterocycles. The molecule has 3 aliphatic rings. The molecule has 2 aromatic carbocycles. The number of aryl methyl sites for hydroxylation is 1. The molecule has 6 rings (SSSR count). The first-order valence-corrected chi connectivity index (χ1v) is 12.7. The second-order valence-corrected chi connectivity index (χ2v) is 10.0. The van der Waals surface area contributed by atoms with Crippen molar-refractivity contribution in [3.63, 3.8) is 0 Å². The number of amides is 2. The number of carbonyl (C=O) groups excluding carboxylic acids is 2. The van der Waals surface area contributed by atoms with Crippen LogP contribution < -0.4 is 15.2 Å². The standard InChI is InChI=1S/C28H29FN4O3/c1-18(34)30-11-13-31(14-12-30)26-16-25-21(15-23(26)29)27(35)22(17-33(25)20-8-9-20)28(36)32-10-4-6-19-5-2-3-7-24(19)32/h2-3,5,7,15-17,20H,4,6,8-14H2,1H3. The summed E-state index contributed by atoms with van der Waals surface area (Å²) >= 11 is 0. The molecular formula is C28H29FN4O3. The summed E-state index contributed by atoms with van der Waals surface area (Å²) in [7, 11) is 0. The van der Waals surface area contributed by atoms with E-state index in [2.05, 4.69) is 0 Å². The average Bonchev–Trinajstić information content (AvgIpc) is 3.74. The topological polar surface area (TPSA) is 65.9 Å². The minimum absolute atomic E-state index is 0.0183. The molecule has 1 aromatic heterocycles. The van der Waals surface area contributed by atoms with E-state index in [0.29, 0.717) is 43.9 Å². The van der Waals surface area contributed by atoms with E-state index >= 15 is 4.39 Å². The van der Waals surface area contributed by atoms with Crippen molar-refractivity contribution in [2.24, 2.45) is 0 Å². The Balaban J connectivity index is 1.42. The molecule has 0 bridgehead atoms. The molecule has 0 unspecified atom stereocenters. The van der Waals surface area contributed by atoms with E-state index < -0.39 is 11.2 Å². The number of para-hydroxylation sites is 1. The zero-order valence-corrected chi connectivity index (χ0v) is 20.4. The normalized spacial score (nSPS) is 17.9. The van der Waals surface area contributed by atoms with Gasteiger partial charge in [0, 0.05) is 63.0 Å². The van der Waals surface area contributed by atoms with Crippen LogP contribution in [0.4, 0.5) is 15.8 Å². The molecule has 1 saturated carbocycles. The summed E-state index contributed by atoms with van der Waals surface area (Å²) in [6, 6.07) is 11.0. The number of anilines is 2. The Morgan fingerprint density at radius 1 is 0.972 bits per heavy atom. The van der Waals surface area contributed by atoms with Gasteiger partial charge in [0.2, 0.25) is 11.3 Å². The minimum atomic E-state index is -0.480. The first-order chi connectivity index (χ1) is 17.4. The zero-order valence-electron chi connectivity index (χ0n) is 20.4. The fraction of sp³-hybridized carbons (Fsp3) is 0.393. The number of hydrogen-bond donors (Lipinski definition) is 0. The van der Waals surface area contributed by atoms with Crippen LogP contribution in [-0.4, -0.2) is 54.0 Å². The van der Waals surface area contributed by atoms with Gasteiger partial charge in [0.1, 0.15) is 11.4 Å². The van der Waals surface area contributed by atoms with Crippen LogP contribution in [0.2, 0.25) is 0 Å². The molecule has 0 N–H and O–H groups in total. The molecule has 1 saturated heterocycles. The van der Waals surface area contributed by atoms with E-state index in [9.17, 15) is 14.4 Å². The average molecular weight is 489 g/mol. The molecule has 7 nitrogen and oxygen atoms in total. The van der Waals surface area contributed by atoms with Gasteiger partial charge in [-0.05, 0) is 49.4 Å². The quantitative estimate of drug-likeness (QED) is 0.564. The molecule has 36 heavy (non-hydrogen) atoms. The van der Waals surface area contributed by atoms with Gasteiger partial charge in [-0.3, -0.25) is 14.4 Å². The Labute approximate surface area is 208 Å². The number of hydrogen-bond acceptors (Lipinski definition) is 4. The van der Waals surface area contributed by atoms with Crippen LogP contribution in [0.15, 0.2) is 47.4 Å². The van der Waals surface area contributed by atoms with Crippen molar-refractivity contribution in [3.05, 3.63) is 69.8 Å². The highest BCUT2D eigenvalue weighted by Gasteiger charge is 2.31. The van der Waals surface area contributed by atoms with Gasteiger partial charge in [-0.1, -0.05) is 18.2 Å². The van der Waals surface area contributed by atoms with E-state index in [4.69, 9.17) is 0 Å². The summed E-state index contributed by atoms with van der Waals surface area (Å²) in [6.07, 6.45) is 5.35. The van der Waals surface area contributed by atoms with Crippen LogP contribution in [0.1, 0.15) is 48.1 Å². The number of halogens is 1. The molecule has 0 radical (unpaired) electrons. The lowest BCUT2D eigenvalue weighted by atomic mass is 10.0. The van der Waals surface area contributed by atoms with Crippen molar-refractivity contribution in [2.75, 3.05) is 42.5 Å². The molecule has 1 aliphatic carbocycles. The number of fused-ring (bicyclic) bond motifs is 2. The molecule has 3 aromatic rings. The molecule has 2 amide bonds. The molecule has 2 fully saturated rings. The maximum Gasteiger partial charge on any atom is 0.263 e. The molecular weight excluding hydrogens is 459 g/mol. The fourth-order valence-corrected chi connectivity index (χ4v) is 5.56. The summed E-state index contributed by atoms with van der Waals surface area (Å²) in [6.45, 7) is 4.22. The van der Waals surface area contributed by atoms with E-state index in [0.717, 1.165) is 36.9 Å². The second-order valence-electron chi connectivity index (χ2n) is 10.0. The van der Waals surface area contributed by atoms with Crippen molar-refractivity contribution in [1.82, 2.24) is 9.47 Å².